The molecule has 1 N–H and O–H groups in total. The monoisotopic (exact) mass is 193 g/mol. The molecule has 1 aromatic heterocycles. The molecule has 0 saturated carbocycles. The molecule has 0 fully saturated rings. The maximum atomic E-state index is 4.38. The van der Waals surface area contributed by atoms with Crippen LogP contribution in [0.25, 0.3) is 0 Å². The summed E-state index contributed by atoms with van der Waals surface area (Å²) >= 11 is 0. The van der Waals surface area contributed by atoms with Crippen LogP contribution in [0, 0.1) is 0 Å². The van der Waals surface area contributed by atoms with E-state index in [2.05, 4.69) is 43.0 Å². The second kappa shape index (κ2) is 4.40. The SMILES string of the molecule is CCCNc1nccnc1C(C)(C)C. The van der Waals surface area contributed by atoms with Gasteiger partial charge in [0.2, 0.25) is 0 Å². The van der Waals surface area contributed by atoms with Crippen LogP contribution in [0.5, 0.6) is 0 Å². The molecule has 0 spiro atoms. The van der Waals surface area contributed by atoms with Gasteiger partial charge in [-0.05, 0) is 6.42 Å². The van der Waals surface area contributed by atoms with Crippen molar-refractivity contribution in [2.75, 3.05) is 11.9 Å². The van der Waals surface area contributed by atoms with Crippen LogP contribution in [0.4, 0.5) is 5.82 Å². The van der Waals surface area contributed by atoms with Crippen molar-refractivity contribution in [2.45, 2.75) is 39.5 Å². The largest absolute Gasteiger partial charge is 0.369 e. The van der Waals surface area contributed by atoms with E-state index in [4.69, 9.17) is 0 Å². The van der Waals surface area contributed by atoms with Crippen molar-refractivity contribution < 1.29 is 0 Å². The van der Waals surface area contributed by atoms with E-state index in [-0.39, 0.29) is 5.41 Å². The Morgan fingerprint density at radius 1 is 1.21 bits per heavy atom. The maximum absolute atomic E-state index is 4.38. The summed E-state index contributed by atoms with van der Waals surface area (Å²) in [7, 11) is 0. The van der Waals surface area contributed by atoms with Gasteiger partial charge >= 0.3 is 0 Å². The summed E-state index contributed by atoms with van der Waals surface area (Å²) in [4.78, 5) is 8.69. The van der Waals surface area contributed by atoms with E-state index in [0.717, 1.165) is 24.5 Å². The first kappa shape index (κ1) is 11.0. The summed E-state index contributed by atoms with van der Waals surface area (Å²) in [6.07, 6.45) is 4.57. The van der Waals surface area contributed by atoms with Crippen molar-refractivity contribution >= 4 is 5.82 Å². The molecule has 0 aliphatic rings. The number of aromatic nitrogens is 2. The summed E-state index contributed by atoms with van der Waals surface area (Å²) in [6.45, 7) is 9.53. The van der Waals surface area contributed by atoms with Crippen LogP contribution in [0.1, 0.15) is 39.8 Å². The Kier molecular flexibility index (Phi) is 3.44. The zero-order chi connectivity index (χ0) is 10.6. The fraction of sp³-hybridized carbons (Fsp3) is 0.636. The molecule has 3 nitrogen and oxygen atoms in total. The Morgan fingerprint density at radius 3 is 2.43 bits per heavy atom. The molecule has 0 radical (unpaired) electrons. The van der Waals surface area contributed by atoms with Gasteiger partial charge in [0.1, 0.15) is 5.82 Å². The number of hydrogen-bond donors (Lipinski definition) is 1. The lowest BCUT2D eigenvalue weighted by atomic mass is 9.92. The van der Waals surface area contributed by atoms with Gasteiger partial charge in [-0.15, -0.1) is 0 Å². The molecule has 78 valence electrons. The smallest absolute Gasteiger partial charge is 0.148 e. The third kappa shape index (κ3) is 2.69. The van der Waals surface area contributed by atoms with Crippen molar-refractivity contribution in [2.24, 2.45) is 0 Å². The Balaban J connectivity index is 2.92. The molecule has 0 bridgehead atoms. The predicted molar refractivity (Wildman–Crippen MR) is 59.5 cm³/mol. The molecule has 0 amide bonds. The summed E-state index contributed by atoms with van der Waals surface area (Å²) in [5.41, 5.74) is 1.08. The van der Waals surface area contributed by atoms with E-state index < -0.39 is 0 Å². The molecule has 3 heteroatoms. The number of anilines is 1. The Morgan fingerprint density at radius 2 is 1.86 bits per heavy atom. The highest BCUT2D eigenvalue weighted by Gasteiger charge is 2.19. The first-order chi connectivity index (χ1) is 6.55. The van der Waals surface area contributed by atoms with Gasteiger partial charge in [0, 0.05) is 24.4 Å². The van der Waals surface area contributed by atoms with Crippen molar-refractivity contribution in [3.05, 3.63) is 18.1 Å². The topological polar surface area (TPSA) is 37.8 Å². The Bertz CT molecular complexity index is 289. The van der Waals surface area contributed by atoms with Crippen LogP contribution < -0.4 is 5.32 Å². The molecule has 14 heavy (non-hydrogen) atoms. The van der Waals surface area contributed by atoms with Gasteiger partial charge in [0.05, 0.1) is 5.69 Å². The van der Waals surface area contributed by atoms with E-state index in [0.29, 0.717) is 0 Å². The molecule has 0 aliphatic carbocycles. The quantitative estimate of drug-likeness (QED) is 0.801. The molecular weight excluding hydrogens is 174 g/mol. The molecule has 1 aromatic rings. The first-order valence-electron chi connectivity index (χ1n) is 5.11. The number of rotatable bonds is 3. The van der Waals surface area contributed by atoms with Gasteiger partial charge in [0.25, 0.3) is 0 Å². The van der Waals surface area contributed by atoms with Crippen LogP contribution in [-0.2, 0) is 5.41 Å². The van der Waals surface area contributed by atoms with E-state index in [1.807, 2.05) is 0 Å². The summed E-state index contributed by atoms with van der Waals surface area (Å²) < 4.78 is 0. The molecule has 0 saturated heterocycles. The van der Waals surface area contributed by atoms with Gasteiger partial charge in [0.15, 0.2) is 0 Å². The first-order valence-corrected chi connectivity index (χ1v) is 5.11. The third-order valence-electron chi connectivity index (χ3n) is 1.95. The number of hydrogen-bond acceptors (Lipinski definition) is 3. The van der Waals surface area contributed by atoms with E-state index in [1.54, 1.807) is 12.4 Å². The fourth-order valence-electron chi connectivity index (χ4n) is 1.26. The van der Waals surface area contributed by atoms with E-state index in [1.165, 1.54) is 0 Å². The molecule has 0 atom stereocenters. The van der Waals surface area contributed by atoms with Crippen molar-refractivity contribution in [1.82, 2.24) is 9.97 Å². The Labute approximate surface area is 86.0 Å². The van der Waals surface area contributed by atoms with Gasteiger partial charge in [-0.1, -0.05) is 27.7 Å². The van der Waals surface area contributed by atoms with Gasteiger partial charge in [-0.25, -0.2) is 4.98 Å². The number of nitrogens with zero attached hydrogens (tertiary/aromatic N) is 2. The normalized spacial score (nSPS) is 11.4. The summed E-state index contributed by atoms with van der Waals surface area (Å²) in [6, 6.07) is 0. The van der Waals surface area contributed by atoms with Gasteiger partial charge in [-0.3, -0.25) is 4.98 Å². The second-order valence-corrected chi connectivity index (χ2v) is 4.43. The molecule has 0 unspecified atom stereocenters. The molecular formula is C11H19N3. The number of nitrogens with one attached hydrogen (secondary N) is 1. The van der Waals surface area contributed by atoms with Crippen LogP contribution >= 0.6 is 0 Å². The summed E-state index contributed by atoms with van der Waals surface area (Å²) in [5.74, 6) is 0.918. The van der Waals surface area contributed by atoms with Crippen LogP contribution in [0.15, 0.2) is 12.4 Å². The molecule has 1 heterocycles. The minimum atomic E-state index is 0.0460. The summed E-state index contributed by atoms with van der Waals surface area (Å²) in [5, 5.41) is 3.30. The lowest BCUT2D eigenvalue weighted by molar-refractivity contribution is 0.567. The maximum Gasteiger partial charge on any atom is 0.148 e. The highest BCUT2D eigenvalue weighted by atomic mass is 15.0. The fourth-order valence-corrected chi connectivity index (χ4v) is 1.26. The van der Waals surface area contributed by atoms with Gasteiger partial charge < -0.3 is 5.32 Å². The zero-order valence-corrected chi connectivity index (χ0v) is 9.46. The standard InChI is InChI=1S/C11H19N3/c1-5-6-13-10-9(11(2,3)4)12-7-8-14-10/h7-8H,5-6H2,1-4H3,(H,13,14). The second-order valence-electron chi connectivity index (χ2n) is 4.43. The van der Waals surface area contributed by atoms with Crippen LogP contribution in [0.2, 0.25) is 0 Å². The highest BCUT2D eigenvalue weighted by molar-refractivity contribution is 5.42. The van der Waals surface area contributed by atoms with Crippen molar-refractivity contribution in [1.29, 1.82) is 0 Å². The lowest BCUT2D eigenvalue weighted by Crippen LogP contribution is -2.18. The van der Waals surface area contributed by atoms with E-state index >= 15 is 0 Å². The third-order valence-corrected chi connectivity index (χ3v) is 1.95. The molecule has 1 rings (SSSR count). The lowest BCUT2D eigenvalue weighted by Gasteiger charge is -2.20. The average Bonchev–Trinajstić information content (AvgIpc) is 2.14. The Hall–Kier alpha value is -1.12. The minimum Gasteiger partial charge on any atom is -0.369 e. The minimum absolute atomic E-state index is 0.0460. The molecule has 0 aliphatic heterocycles. The predicted octanol–water partition coefficient (Wildman–Crippen LogP) is 2.60. The average molecular weight is 193 g/mol. The van der Waals surface area contributed by atoms with Gasteiger partial charge in [-0.2, -0.15) is 0 Å². The van der Waals surface area contributed by atoms with Crippen LogP contribution in [0.3, 0.4) is 0 Å². The van der Waals surface area contributed by atoms with Crippen molar-refractivity contribution in [3.8, 4) is 0 Å². The van der Waals surface area contributed by atoms with Crippen LogP contribution in [-0.4, -0.2) is 16.5 Å². The molecule has 0 aromatic carbocycles. The van der Waals surface area contributed by atoms with Crippen molar-refractivity contribution in [3.63, 3.8) is 0 Å². The van der Waals surface area contributed by atoms with E-state index in [9.17, 15) is 0 Å². The zero-order valence-electron chi connectivity index (χ0n) is 9.46. The highest BCUT2D eigenvalue weighted by Crippen LogP contribution is 2.25.